The molecule has 0 unspecified atom stereocenters. The van der Waals surface area contributed by atoms with Crippen molar-refractivity contribution in [1.29, 1.82) is 0 Å². The smallest absolute Gasteiger partial charge is 0.258 e. The van der Waals surface area contributed by atoms with E-state index in [1.807, 2.05) is 19.1 Å². The highest BCUT2D eigenvalue weighted by atomic mass is 79.9. The quantitative estimate of drug-likeness (QED) is 0.460. The minimum absolute atomic E-state index is 0.00976. The fraction of sp³-hybridized carbons (Fsp3) is 0.0714. The maximum atomic E-state index is 10.7. The Morgan fingerprint density at radius 1 is 1.26 bits per heavy atom. The minimum Gasteiger partial charge on any atom is -0.258 e. The van der Waals surface area contributed by atoms with Crippen LogP contribution in [0.15, 0.2) is 41.0 Å². The van der Waals surface area contributed by atoms with Gasteiger partial charge in [0.05, 0.1) is 4.92 Å². The van der Waals surface area contributed by atoms with Crippen molar-refractivity contribution in [3.63, 3.8) is 0 Å². The first kappa shape index (κ1) is 13.2. The fourth-order valence-corrected chi connectivity index (χ4v) is 1.91. The lowest BCUT2D eigenvalue weighted by molar-refractivity contribution is -0.384. The van der Waals surface area contributed by atoms with Gasteiger partial charge in [0.15, 0.2) is 0 Å². The third-order valence-electron chi connectivity index (χ3n) is 2.34. The Morgan fingerprint density at radius 2 is 2.05 bits per heavy atom. The zero-order valence-electron chi connectivity index (χ0n) is 10.1. The lowest BCUT2D eigenvalue weighted by Gasteiger charge is -1.95. The van der Waals surface area contributed by atoms with Crippen LogP contribution < -0.4 is 0 Å². The molecule has 94 valence electrons. The van der Waals surface area contributed by atoms with E-state index in [9.17, 15) is 10.1 Å². The molecule has 0 aliphatic heterocycles. The van der Waals surface area contributed by atoms with Gasteiger partial charge in [-0.3, -0.25) is 10.1 Å². The molecule has 0 saturated heterocycles. The van der Waals surface area contributed by atoms with Crippen molar-refractivity contribution in [2.24, 2.45) is 0 Å². The maximum absolute atomic E-state index is 10.7. The van der Waals surface area contributed by atoms with E-state index in [1.54, 1.807) is 12.3 Å². The van der Waals surface area contributed by atoms with Gasteiger partial charge in [-0.1, -0.05) is 27.9 Å². The van der Waals surface area contributed by atoms with Gasteiger partial charge in [0.2, 0.25) is 0 Å². The molecule has 5 heteroatoms. The van der Waals surface area contributed by atoms with Crippen LogP contribution in [-0.4, -0.2) is 9.91 Å². The van der Waals surface area contributed by atoms with Crippen molar-refractivity contribution in [2.45, 2.75) is 6.92 Å². The Kier molecular flexibility index (Phi) is 3.93. The molecule has 0 fully saturated rings. The molecule has 0 N–H and O–H groups in total. The van der Waals surface area contributed by atoms with E-state index in [4.69, 9.17) is 0 Å². The summed E-state index contributed by atoms with van der Waals surface area (Å²) in [5.41, 5.74) is 2.27. The molecule has 0 saturated carbocycles. The number of aryl methyl sites for hydroxylation is 1. The Balaban J connectivity index is 2.34. The molecule has 2 rings (SSSR count). The summed E-state index contributed by atoms with van der Waals surface area (Å²) in [6, 6.07) is 8.34. The van der Waals surface area contributed by atoms with E-state index in [2.05, 4.69) is 32.8 Å². The lowest BCUT2D eigenvalue weighted by atomic mass is 10.2. The second-order valence-corrected chi connectivity index (χ2v) is 4.84. The van der Waals surface area contributed by atoms with Crippen LogP contribution in [0.2, 0.25) is 0 Å². The highest BCUT2D eigenvalue weighted by molar-refractivity contribution is 9.10. The second-order valence-electron chi connectivity index (χ2n) is 3.93. The molecule has 0 aliphatic rings. The van der Waals surface area contributed by atoms with Gasteiger partial charge in [-0.2, -0.15) is 0 Å². The summed E-state index contributed by atoms with van der Waals surface area (Å²) in [4.78, 5) is 14.5. The molecule has 0 amide bonds. The first-order valence-corrected chi connectivity index (χ1v) is 6.23. The van der Waals surface area contributed by atoms with Gasteiger partial charge in [-0.25, -0.2) is 4.98 Å². The van der Waals surface area contributed by atoms with Crippen LogP contribution in [0.4, 0.5) is 5.69 Å². The van der Waals surface area contributed by atoms with Gasteiger partial charge in [-0.15, -0.1) is 0 Å². The van der Waals surface area contributed by atoms with Gasteiger partial charge < -0.3 is 0 Å². The largest absolute Gasteiger partial charge is 0.271 e. The Bertz CT molecular complexity index is 685. The zero-order valence-corrected chi connectivity index (χ0v) is 11.6. The summed E-state index contributed by atoms with van der Waals surface area (Å²) >= 11 is 3.23. The third-order valence-corrected chi connectivity index (χ3v) is 2.80. The molecule has 0 spiro atoms. The number of non-ortho nitro benzene ring substituents is 1. The topological polar surface area (TPSA) is 56.0 Å². The standard InChI is InChI=1S/C14H9BrN2O2/c1-10-2-4-13(16-9-10)5-3-11-6-12(15)8-14(7-11)17(18)19/h2,4,6-9H,1H3. The normalized spacial score (nSPS) is 9.58. The van der Waals surface area contributed by atoms with Crippen LogP contribution in [0.5, 0.6) is 0 Å². The van der Waals surface area contributed by atoms with E-state index in [0.717, 1.165) is 5.56 Å². The van der Waals surface area contributed by atoms with Crippen LogP contribution >= 0.6 is 15.9 Å². The van der Waals surface area contributed by atoms with Crippen molar-refractivity contribution in [2.75, 3.05) is 0 Å². The molecule has 19 heavy (non-hydrogen) atoms. The van der Waals surface area contributed by atoms with Gasteiger partial charge in [-0.05, 0) is 30.5 Å². The first-order chi connectivity index (χ1) is 9.04. The van der Waals surface area contributed by atoms with Crippen LogP contribution in [-0.2, 0) is 0 Å². The number of nitro groups is 1. The lowest BCUT2D eigenvalue weighted by Crippen LogP contribution is -1.89. The Labute approximate surface area is 118 Å². The van der Waals surface area contributed by atoms with Crippen molar-refractivity contribution >= 4 is 21.6 Å². The monoisotopic (exact) mass is 316 g/mol. The third kappa shape index (κ3) is 3.63. The predicted octanol–water partition coefficient (Wildman–Crippen LogP) is 3.46. The number of aromatic nitrogens is 1. The molecule has 1 aromatic heterocycles. The van der Waals surface area contributed by atoms with Gasteiger partial charge in [0.1, 0.15) is 5.69 Å². The summed E-state index contributed by atoms with van der Waals surface area (Å²) in [6.45, 7) is 1.95. The van der Waals surface area contributed by atoms with Crippen molar-refractivity contribution in [1.82, 2.24) is 4.98 Å². The molecule has 0 aliphatic carbocycles. The number of hydrogen-bond donors (Lipinski definition) is 0. The average Bonchev–Trinajstić information content (AvgIpc) is 2.37. The molecule has 0 radical (unpaired) electrons. The Hall–Kier alpha value is -2.19. The first-order valence-electron chi connectivity index (χ1n) is 5.44. The number of nitrogens with zero attached hydrogens (tertiary/aromatic N) is 2. The molecular weight excluding hydrogens is 308 g/mol. The highest BCUT2D eigenvalue weighted by Gasteiger charge is 2.07. The summed E-state index contributed by atoms with van der Waals surface area (Å²) < 4.78 is 0.628. The maximum Gasteiger partial charge on any atom is 0.271 e. The molecule has 1 heterocycles. The number of pyridine rings is 1. The van der Waals surface area contributed by atoms with E-state index in [-0.39, 0.29) is 5.69 Å². The van der Waals surface area contributed by atoms with Crippen LogP contribution in [0.3, 0.4) is 0 Å². The fourth-order valence-electron chi connectivity index (χ4n) is 1.43. The second kappa shape index (κ2) is 5.63. The average molecular weight is 317 g/mol. The van der Waals surface area contributed by atoms with Gasteiger partial charge in [0, 0.05) is 28.4 Å². The summed E-state index contributed by atoms with van der Waals surface area (Å²) in [5, 5.41) is 10.7. The van der Waals surface area contributed by atoms with E-state index in [1.165, 1.54) is 12.1 Å². The Morgan fingerprint density at radius 3 is 2.68 bits per heavy atom. The molecule has 0 bridgehead atoms. The van der Waals surface area contributed by atoms with Gasteiger partial charge in [0.25, 0.3) is 5.69 Å². The van der Waals surface area contributed by atoms with E-state index >= 15 is 0 Å². The van der Waals surface area contributed by atoms with Crippen LogP contribution in [0.1, 0.15) is 16.8 Å². The number of rotatable bonds is 1. The number of halogens is 1. The molecule has 4 nitrogen and oxygen atoms in total. The molecule has 2 aromatic rings. The van der Waals surface area contributed by atoms with Crippen molar-refractivity contribution in [3.8, 4) is 11.8 Å². The van der Waals surface area contributed by atoms with Crippen molar-refractivity contribution < 1.29 is 4.92 Å². The number of benzene rings is 1. The zero-order chi connectivity index (χ0) is 13.8. The minimum atomic E-state index is -0.444. The summed E-state index contributed by atoms with van der Waals surface area (Å²) in [6.07, 6.45) is 1.73. The van der Waals surface area contributed by atoms with Crippen LogP contribution in [0.25, 0.3) is 0 Å². The van der Waals surface area contributed by atoms with Crippen LogP contribution in [0, 0.1) is 28.9 Å². The molecule has 1 aromatic carbocycles. The summed E-state index contributed by atoms with van der Waals surface area (Å²) in [7, 11) is 0. The van der Waals surface area contributed by atoms with Crippen molar-refractivity contribution in [3.05, 3.63) is 67.9 Å². The molecule has 0 atom stereocenters. The number of nitro benzene ring substituents is 1. The highest BCUT2D eigenvalue weighted by Crippen LogP contribution is 2.20. The molecular formula is C14H9BrN2O2. The predicted molar refractivity (Wildman–Crippen MR) is 75.8 cm³/mol. The van der Waals surface area contributed by atoms with E-state index < -0.39 is 4.92 Å². The SMILES string of the molecule is Cc1ccc(C#Cc2cc(Br)cc([N+](=O)[O-])c2)nc1. The summed E-state index contributed by atoms with van der Waals surface area (Å²) in [5.74, 6) is 5.75. The number of hydrogen-bond acceptors (Lipinski definition) is 3. The van der Waals surface area contributed by atoms with E-state index in [0.29, 0.717) is 15.7 Å². The van der Waals surface area contributed by atoms with Gasteiger partial charge >= 0.3 is 0 Å².